The second-order valence-electron chi connectivity index (χ2n) is 10.7. The Balaban J connectivity index is 1.40. The standard InChI is InChI=1S/C31H28F2N4O/c1-17-18-10-12-19(13-11-18)27(17)35-30-22-8-5-9-26(38-21-6-3-2-4-7-21)29(22)36-31(37-30)24-16-34-28-23(24)14-20(32)15-25(28)33/h2-9,14-19,27,34H,10-13H2,1H3,(H,35,36,37)/t17-,18?,19?,27+/m0/s1. The van der Waals surface area contributed by atoms with Crippen LogP contribution in [0.25, 0.3) is 33.2 Å². The highest BCUT2D eigenvalue weighted by Crippen LogP contribution is 2.46. The minimum atomic E-state index is -0.648. The van der Waals surface area contributed by atoms with Crippen LogP contribution in [0.15, 0.2) is 66.9 Å². The monoisotopic (exact) mass is 510 g/mol. The molecule has 2 atom stereocenters. The van der Waals surface area contributed by atoms with Crippen molar-refractivity contribution in [3.8, 4) is 22.9 Å². The fraction of sp³-hybridized carbons (Fsp3) is 0.290. The highest BCUT2D eigenvalue weighted by atomic mass is 19.1. The molecule has 7 heteroatoms. The molecule has 3 aromatic carbocycles. The lowest BCUT2D eigenvalue weighted by Gasteiger charge is -2.47. The van der Waals surface area contributed by atoms with Gasteiger partial charge < -0.3 is 15.0 Å². The van der Waals surface area contributed by atoms with Crippen molar-refractivity contribution in [2.75, 3.05) is 5.32 Å². The molecular weight excluding hydrogens is 482 g/mol. The van der Waals surface area contributed by atoms with Gasteiger partial charge in [-0.2, -0.15) is 0 Å². The van der Waals surface area contributed by atoms with Crippen LogP contribution in [0, 0.1) is 29.4 Å². The fourth-order valence-corrected chi connectivity index (χ4v) is 6.55. The average molecular weight is 511 g/mol. The van der Waals surface area contributed by atoms with Gasteiger partial charge in [-0.15, -0.1) is 0 Å². The van der Waals surface area contributed by atoms with E-state index in [-0.39, 0.29) is 5.52 Å². The van der Waals surface area contributed by atoms with Crippen LogP contribution in [-0.4, -0.2) is 21.0 Å². The number of H-pyrrole nitrogens is 1. The van der Waals surface area contributed by atoms with E-state index in [1.54, 1.807) is 6.20 Å². The van der Waals surface area contributed by atoms with Gasteiger partial charge >= 0.3 is 0 Å². The SMILES string of the molecule is C[C@H]1C2CCC(CC2)[C@@H]1Nc1nc(-c2c[nH]c3c(F)cc(F)cc23)nc2c(Oc3ccccc3)cccc12. The van der Waals surface area contributed by atoms with Crippen LogP contribution < -0.4 is 10.1 Å². The first-order valence-electron chi connectivity index (χ1n) is 13.3. The molecule has 2 heterocycles. The third kappa shape index (κ3) is 3.88. The lowest BCUT2D eigenvalue weighted by Crippen LogP contribution is -2.47. The van der Waals surface area contributed by atoms with E-state index < -0.39 is 11.6 Å². The predicted octanol–water partition coefficient (Wildman–Crippen LogP) is 8.09. The molecule has 192 valence electrons. The summed E-state index contributed by atoms with van der Waals surface area (Å²) in [5, 5.41) is 5.06. The first kappa shape index (κ1) is 23.1. The van der Waals surface area contributed by atoms with Crippen LogP contribution in [0.5, 0.6) is 11.5 Å². The summed E-state index contributed by atoms with van der Waals surface area (Å²) in [6.45, 7) is 2.34. The summed E-state index contributed by atoms with van der Waals surface area (Å²) in [6, 6.07) is 17.9. The van der Waals surface area contributed by atoms with Gasteiger partial charge in [-0.05, 0) is 73.8 Å². The summed E-state index contributed by atoms with van der Waals surface area (Å²) in [5.74, 6) is 2.97. The predicted molar refractivity (Wildman–Crippen MR) is 145 cm³/mol. The van der Waals surface area contributed by atoms with Crippen molar-refractivity contribution in [3.63, 3.8) is 0 Å². The number of hydrogen-bond acceptors (Lipinski definition) is 4. The van der Waals surface area contributed by atoms with Crippen molar-refractivity contribution < 1.29 is 13.5 Å². The molecule has 2 bridgehead atoms. The fourth-order valence-electron chi connectivity index (χ4n) is 6.55. The van der Waals surface area contributed by atoms with Crippen LogP contribution in [-0.2, 0) is 0 Å². The van der Waals surface area contributed by atoms with E-state index in [0.717, 1.165) is 23.2 Å². The first-order chi connectivity index (χ1) is 18.5. The van der Waals surface area contributed by atoms with E-state index in [1.807, 2.05) is 48.5 Å². The van der Waals surface area contributed by atoms with Crippen molar-refractivity contribution in [2.24, 2.45) is 17.8 Å². The Hall–Kier alpha value is -4.00. The summed E-state index contributed by atoms with van der Waals surface area (Å²) in [7, 11) is 0. The Labute approximate surface area is 219 Å². The maximum absolute atomic E-state index is 14.5. The molecule has 0 unspecified atom stereocenters. The van der Waals surface area contributed by atoms with E-state index >= 15 is 0 Å². The van der Waals surface area contributed by atoms with E-state index in [0.29, 0.717) is 51.7 Å². The van der Waals surface area contributed by atoms with E-state index in [1.165, 1.54) is 31.7 Å². The minimum Gasteiger partial charge on any atom is -0.455 e. The van der Waals surface area contributed by atoms with Gasteiger partial charge in [0.15, 0.2) is 11.6 Å². The molecule has 2 N–H and O–H groups in total. The average Bonchev–Trinajstić information content (AvgIpc) is 3.36. The Morgan fingerprint density at radius 3 is 2.47 bits per heavy atom. The number of ether oxygens (including phenoxy) is 1. The lowest BCUT2D eigenvalue weighted by molar-refractivity contribution is 0.0929. The Morgan fingerprint density at radius 2 is 1.68 bits per heavy atom. The number of para-hydroxylation sites is 2. The molecular formula is C31H28F2N4O. The van der Waals surface area contributed by atoms with Crippen LogP contribution in [0.2, 0.25) is 0 Å². The van der Waals surface area contributed by atoms with Crippen LogP contribution in [0.4, 0.5) is 14.6 Å². The maximum Gasteiger partial charge on any atom is 0.164 e. The highest BCUT2D eigenvalue weighted by Gasteiger charge is 2.41. The number of anilines is 1. The molecule has 0 radical (unpaired) electrons. The van der Waals surface area contributed by atoms with Gasteiger partial charge in [0.05, 0.1) is 5.52 Å². The third-order valence-electron chi connectivity index (χ3n) is 8.55. The van der Waals surface area contributed by atoms with Crippen molar-refractivity contribution in [2.45, 2.75) is 38.6 Å². The lowest BCUT2D eigenvalue weighted by atomic mass is 9.62. The zero-order valence-corrected chi connectivity index (χ0v) is 21.0. The van der Waals surface area contributed by atoms with Crippen molar-refractivity contribution in [1.29, 1.82) is 0 Å². The summed E-state index contributed by atoms with van der Waals surface area (Å²) in [4.78, 5) is 12.8. The maximum atomic E-state index is 14.5. The van der Waals surface area contributed by atoms with Crippen LogP contribution in [0.3, 0.4) is 0 Å². The highest BCUT2D eigenvalue weighted by molar-refractivity contribution is 5.98. The smallest absolute Gasteiger partial charge is 0.164 e. The van der Waals surface area contributed by atoms with E-state index in [4.69, 9.17) is 14.7 Å². The van der Waals surface area contributed by atoms with Gasteiger partial charge in [0.2, 0.25) is 0 Å². The van der Waals surface area contributed by atoms with Gasteiger partial charge in [0, 0.05) is 34.6 Å². The number of aromatic nitrogens is 3. The molecule has 5 nitrogen and oxygen atoms in total. The Kier molecular flexibility index (Phi) is 5.53. The van der Waals surface area contributed by atoms with Gasteiger partial charge in [-0.25, -0.2) is 18.7 Å². The van der Waals surface area contributed by atoms with Gasteiger partial charge in [-0.3, -0.25) is 0 Å². The quantitative estimate of drug-likeness (QED) is 0.251. The molecule has 3 aliphatic carbocycles. The number of benzene rings is 3. The third-order valence-corrected chi connectivity index (χ3v) is 8.55. The molecule has 0 saturated heterocycles. The largest absolute Gasteiger partial charge is 0.455 e. The normalized spacial score (nSPS) is 22.7. The topological polar surface area (TPSA) is 62.8 Å². The number of aromatic amines is 1. The molecule has 0 amide bonds. The van der Waals surface area contributed by atoms with Crippen LogP contribution >= 0.6 is 0 Å². The Bertz CT molecular complexity index is 1640. The molecule has 8 rings (SSSR count). The minimum absolute atomic E-state index is 0.228. The number of fused-ring (bicyclic) bond motifs is 5. The van der Waals surface area contributed by atoms with E-state index in [9.17, 15) is 8.78 Å². The number of nitrogens with zero attached hydrogens (tertiary/aromatic N) is 2. The summed E-state index contributed by atoms with van der Waals surface area (Å²) in [6.07, 6.45) is 6.68. The second kappa shape index (κ2) is 9.08. The molecule has 5 aromatic rings. The van der Waals surface area contributed by atoms with Gasteiger partial charge in [-0.1, -0.05) is 31.2 Å². The molecule has 2 aromatic heterocycles. The van der Waals surface area contributed by atoms with E-state index in [2.05, 4.69) is 17.2 Å². The van der Waals surface area contributed by atoms with Gasteiger partial charge in [0.25, 0.3) is 0 Å². The summed E-state index contributed by atoms with van der Waals surface area (Å²) in [5.41, 5.74) is 1.41. The second-order valence-corrected chi connectivity index (χ2v) is 10.7. The molecule has 0 aliphatic heterocycles. The molecule has 3 saturated carbocycles. The molecule has 0 spiro atoms. The number of halogens is 2. The zero-order chi connectivity index (χ0) is 25.8. The van der Waals surface area contributed by atoms with Crippen molar-refractivity contribution >= 4 is 27.6 Å². The number of hydrogen-bond donors (Lipinski definition) is 2. The molecule has 3 aliphatic rings. The van der Waals surface area contributed by atoms with Crippen LogP contribution in [0.1, 0.15) is 32.6 Å². The number of rotatable bonds is 5. The van der Waals surface area contributed by atoms with Gasteiger partial charge in [0.1, 0.15) is 28.7 Å². The Morgan fingerprint density at radius 1 is 0.895 bits per heavy atom. The summed E-state index contributed by atoms with van der Waals surface area (Å²) < 4.78 is 35.0. The van der Waals surface area contributed by atoms with Crippen molar-refractivity contribution in [1.82, 2.24) is 15.0 Å². The number of nitrogens with one attached hydrogen (secondary N) is 2. The zero-order valence-electron chi connectivity index (χ0n) is 21.0. The summed E-state index contributed by atoms with van der Waals surface area (Å²) >= 11 is 0. The molecule has 38 heavy (non-hydrogen) atoms. The molecule has 3 fully saturated rings. The first-order valence-corrected chi connectivity index (χ1v) is 13.3. The van der Waals surface area contributed by atoms with Crippen molar-refractivity contribution in [3.05, 3.63) is 78.5 Å².